The topological polar surface area (TPSA) is 32.3 Å². The maximum Gasteiger partial charge on any atom is 0.249 e. The molecular weight excluding hydrogens is 164 g/mol. The highest BCUT2D eigenvalue weighted by atomic mass is 16.2. The second kappa shape index (κ2) is 5.02. The fourth-order valence-corrected chi connectivity index (χ4v) is 1.51. The summed E-state index contributed by atoms with van der Waals surface area (Å²) in [5.41, 5.74) is 0.879. The van der Waals surface area contributed by atoms with Crippen molar-refractivity contribution in [3.63, 3.8) is 0 Å². The van der Waals surface area contributed by atoms with Gasteiger partial charge in [0.1, 0.15) is 0 Å². The van der Waals surface area contributed by atoms with Gasteiger partial charge in [-0.3, -0.25) is 4.79 Å². The first-order valence-corrected chi connectivity index (χ1v) is 4.92. The molecule has 0 spiro atoms. The van der Waals surface area contributed by atoms with Crippen LogP contribution in [0.15, 0.2) is 11.6 Å². The third-order valence-electron chi connectivity index (χ3n) is 2.25. The number of rotatable bonds is 2. The van der Waals surface area contributed by atoms with Crippen LogP contribution in [-0.2, 0) is 4.79 Å². The number of carbonyl (C=O) groups is 1. The summed E-state index contributed by atoms with van der Waals surface area (Å²) in [5.74, 6) is 0.198. The van der Waals surface area contributed by atoms with Gasteiger partial charge in [-0.1, -0.05) is 13.0 Å². The van der Waals surface area contributed by atoms with Gasteiger partial charge < -0.3 is 10.2 Å². The molecule has 3 heteroatoms. The van der Waals surface area contributed by atoms with E-state index in [0.29, 0.717) is 0 Å². The third-order valence-corrected chi connectivity index (χ3v) is 2.25. The smallest absolute Gasteiger partial charge is 0.249 e. The number of hydrogen-bond donors (Lipinski definition) is 1. The molecule has 1 heterocycles. The van der Waals surface area contributed by atoms with E-state index in [4.69, 9.17) is 0 Å². The predicted molar refractivity (Wildman–Crippen MR) is 53.5 cm³/mol. The zero-order chi connectivity index (χ0) is 9.68. The minimum Gasteiger partial charge on any atom is -0.336 e. The van der Waals surface area contributed by atoms with E-state index >= 15 is 0 Å². The Kier molecular flexibility index (Phi) is 3.96. The number of amides is 1. The molecule has 0 saturated carbocycles. The molecule has 1 fully saturated rings. The highest BCUT2D eigenvalue weighted by Gasteiger charge is 2.16. The van der Waals surface area contributed by atoms with Gasteiger partial charge in [0.15, 0.2) is 0 Å². The van der Waals surface area contributed by atoms with Crippen molar-refractivity contribution in [3.8, 4) is 0 Å². The SMILES string of the molecule is CC/C=C(/C)C(=O)N1CCNCC1. The van der Waals surface area contributed by atoms with Crippen molar-refractivity contribution < 1.29 is 4.79 Å². The quantitative estimate of drug-likeness (QED) is 0.640. The molecule has 0 unspecified atom stereocenters. The molecule has 3 nitrogen and oxygen atoms in total. The summed E-state index contributed by atoms with van der Waals surface area (Å²) in [6.45, 7) is 7.47. The highest BCUT2D eigenvalue weighted by molar-refractivity contribution is 5.92. The van der Waals surface area contributed by atoms with E-state index in [2.05, 4.69) is 12.2 Å². The van der Waals surface area contributed by atoms with E-state index < -0.39 is 0 Å². The average Bonchev–Trinajstić information content (AvgIpc) is 2.18. The molecule has 1 aliphatic heterocycles. The van der Waals surface area contributed by atoms with Crippen LogP contribution in [0, 0.1) is 0 Å². The van der Waals surface area contributed by atoms with Gasteiger partial charge in [-0.15, -0.1) is 0 Å². The van der Waals surface area contributed by atoms with E-state index in [0.717, 1.165) is 38.2 Å². The van der Waals surface area contributed by atoms with Gasteiger partial charge in [0.2, 0.25) is 5.91 Å². The Morgan fingerprint density at radius 2 is 2.08 bits per heavy atom. The summed E-state index contributed by atoms with van der Waals surface area (Å²) in [4.78, 5) is 13.6. The van der Waals surface area contributed by atoms with Crippen LogP contribution >= 0.6 is 0 Å². The maximum atomic E-state index is 11.7. The number of carbonyl (C=O) groups excluding carboxylic acids is 1. The first kappa shape index (κ1) is 10.3. The van der Waals surface area contributed by atoms with Crippen LogP contribution in [-0.4, -0.2) is 37.0 Å². The molecule has 0 bridgehead atoms. The van der Waals surface area contributed by atoms with Crippen LogP contribution in [0.1, 0.15) is 20.3 Å². The number of allylic oxidation sites excluding steroid dienone is 1. The second-order valence-corrected chi connectivity index (χ2v) is 3.34. The van der Waals surface area contributed by atoms with Crippen LogP contribution in [0.2, 0.25) is 0 Å². The van der Waals surface area contributed by atoms with Crippen LogP contribution in [0.5, 0.6) is 0 Å². The molecule has 0 aromatic carbocycles. The largest absolute Gasteiger partial charge is 0.336 e. The Morgan fingerprint density at radius 3 is 2.62 bits per heavy atom. The lowest BCUT2D eigenvalue weighted by Gasteiger charge is -2.27. The van der Waals surface area contributed by atoms with Crippen molar-refractivity contribution in [1.29, 1.82) is 0 Å². The van der Waals surface area contributed by atoms with Crippen LogP contribution in [0.3, 0.4) is 0 Å². The number of nitrogens with one attached hydrogen (secondary N) is 1. The summed E-state index contributed by atoms with van der Waals surface area (Å²) < 4.78 is 0. The lowest BCUT2D eigenvalue weighted by Crippen LogP contribution is -2.46. The zero-order valence-corrected chi connectivity index (χ0v) is 8.47. The lowest BCUT2D eigenvalue weighted by atomic mass is 10.2. The molecule has 1 rings (SSSR count). The van der Waals surface area contributed by atoms with Crippen LogP contribution in [0.25, 0.3) is 0 Å². The number of piperazine rings is 1. The lowest BCUT2D eigenvalue weighted by molar-refractivity contribution is -0.127. The van der Waals surface area contributed by atoms with Gasteiger partial charge in [0.05, 0.1) is 0 Å². The molecule has 1 N–H and O–H groups in total. The van der Waals surface area contributed by atoms with Crippen molar-refractivity contribution in [3.05, 3.63) is 11.6 Å². The van der Waals surface area contributed by atoms with E-state index in [1.54, 1.807) is 0 Å². The standard InChI is InChI=1S/C10H18N2O/c1-3-4-9(2)10(13)12-7-5-11-6-8-12/h4,11H,3,5-8H2,1-2H3/b9-4-. The highest BCUT2D eigenvalue weighted by Crippen LogP contribution is 2.03. The summed E-state index contributed by atoms with van der Waals surface area (Å²) >= 11 is 0. The van der Waals surface area contributed by atoms with Crippen molar-refractivity contribution in [2.75, 3.05) is 26.2 Å². The molecule has 0 aromatic rings. The summed E-state index contributed by atoms with van der Waals surface area (Å²) in [5, 5.41) is 3.23. The molecular formula is C10H18N2O. The van der Waals surface area contributed by atoms with Gasteiger partial charge in [-0.2, -0.15) is 0 Å². The van der Waals surface area contributed by atoms with E-state index in [1.807, 2.05) is 17.9 Å². The second-order valence-electron chi connectivity index (χ2n) is 3.34. The van der Waals surface area contributed by atoms with Crippen molar-refractivity contribution in [2.24, 2.45) is 0 Å². The predicted octanol–water partition coefficient (Wildman–Crippen LogP) is 0.774. The first-order valence-electron chi connectivity index (χ1n) is 4.92. The van der Waals surface area contributed by atoms with Gasteiger partial charge in [0, 0.05) is 31.8 Å². The Balaban J connectivity index is 2.50. The minimum absolute atomic E-state index is 0.198. The Bertz CT molecular complexity index is 205. The Hall–Kier alpha value is -0.830. The third kappa shape index (κ3) is 2.84. The number of hydrogen-bond acceptors (Lipinski definition) is 2. The Morgan fingerprint density at radius 1 is 1.46 bits per heavy atom. The van der Waals surface area contributed by atoms with Gasteiger partial charge in [-0.25, -0.2) is 0 Å². The molecule has 0 radical (unpaired) electrons. The molecule has 0 aliphatic carbocycles. The molecule has 1 saturated heterocycles. The fourth-order valence-electron chi connectivity index (χ4n) is 1.51. The van der Waals surface area contributed by atoms with Gasteiger partial charge in [-0.05, 0) is 13.3 Å². The van der Waals surface area contributed by atoms with Crippen LogP contribution < -0.4 is 5.32 Å². The molecule has 1 amide bonds. The maximum absolute atomic E-state index is 11.7. The van der Waals surface area contributed by atoms with Gasteiger partial charge in [0.25, 0.3) is 0 Å². The molecule has 0 aromatic heterocycles. The normalized spacial score (nSPS) is 18.9. The summed E-state index contributed by atoms with van der Waals surface area (Å²) in [6, 6.07) is 0. The monoisotopic (exact) mass is 182 g/mol. The average molecular weight is 182 g/mol. The van der Waals surface area contributed by atoms with Crippen molar-refractivity contribution in [1.82, 2.24) is 10.2 Å². The van der Waals surface area contributed by atoms with E-state index in [1.165, 1.54) is 0 Å². The minimum atomic E-state index is 0.198. The first-order chi connectivity index (χ1) is 6.25. The fraction of sp³-hybridized carbons (Fsp3) is 0.700. The molecule has 0 atom stereocenters. The van der Waals surface area contributed by atoms with E-state index in [-0.39, 0.29) is 5.91 Å². The molecule has 13 heavy (non-hydrogen) atoms. The zero-order valence-electron chi connectivity index (χ0n) is 8.47. The summed E-state index contributed by atoms with van der Waals surface area (Å²) in [6.07, 6.45) is 2.92. The van der Waals surface area contributed by atoms with Crippen LogP contribution in [0.4, 0.5) is 0 Å². The summed E-state index contributed by atoms with van der Waals surface area (Å²) in [7, 11) is 0. The number of nitrogens with zero attached hydrogens (tertiary/aromatic N) is 1. The van der Waals surface area contributed by atoms with Crippen molar-refractivity contribution >= 4 is 5.91 Å². The molecule has 1 aliphatic rings. The van der Waals surface area contributed by atoms with E-state index in [9.17, 15) is 4.79 Å². The van der Waals surface area contributed by atoms with Crippen molar-refractivity contribution in [2.45, 2.75) is 20.3 Å². The van der Waals surface area contributed by atoms with Gasteiger partial charge >= 0.3 is 0 Å². The Labute approximate surface area is 79.8 Å². The molecule has 74 valence electrons.